The molecule has 0 aromatic heterocycles. The molecule has 2 N–H and O–H groups in total. The van der Waals surface area contributed by atoms with E-state index in [1.807, 2.05) is 0 Å². The Kier molecular flexibility index (Phi) is 1.90. The van der Waals surface area contributed by atoms with Crippen molar-refractivity contribution in [3.05, 3.63) is 0 Å². The minimum Gasteiger partial charge on any atom is -0.356 e. The van der Waals surface area contributed by atoms with Crippen LogP contribution in [-0.4, -0.2) is 38.1 Å². The highest BCUT2D eigenvalue weighted by atomic mass is 16.7. The predicted octanol–water partition coefficient (Wildman–Crippen LogP) is -0.571. The minimum absolute atomic E-state index is 0.106. The van der Waals surface area contributed by atoms with Crippen LogP contribution < -0.4 is 10.6 Å². The van der Waals surface area contributed by atoms with Gasteiger partial charge in [0.25, 0.3) is 0 Å². The first-order valence-corrected chi connectivity index (χ1v) is 4.01. The van der Waals surface area contributed by atoms with Crippen LogP contribution >= 0.6 is 0 Å². The molecule has 2 aliphatic rings. The molecule has 5 nitrogen and oxygen atoms in total. The molecule has 3 unspecified atom stereocenters. The van der Waals surface area contributed by atoms with Gasteiger partial charge in [-0.2, -0.15) is 0 Å². The Labute approximate surface area is 70.4 Å². The first kappa shape index (κ1) is 7.82. The van der Waals surface area contributed by atoms with Crippen molar-refractivity contribution in [3.8, 4) is 0 Å². The van der Waals surface area contributed by atoms with E-state index < -0.39 is 0 Å². The van der Waals surface area contributed by atoms with Crippen molar-refractivity contribution in [1.29, 1.82) is 0 Å². The summed E-state index contributed by atoms with van der Waals surface area (Å²) in [5.74, 6) is 0. The lowest BCUT2D eigenvalue weighted by atomic mass is 10.1. The van der Waals surface area contributed by atoms with Gasteiger partial charge in [-0.25, -0.2) is 4.79 Å². The number of carbonyl (C=O) groups is 1. The number of rotatable bonds is 1. The second-order valence-electron chi connectivity index (χ2n) is 3.07. The molecule has 0 saturated carbocycles. The minimum atomic E-state index is -0.175. The second kappa shape index (κ2) is 2.91. The molecule has 3 atom stereocenters. The molecule has 2 fully saturated rings. The molecule has 0 spiro atoms. The van der Waals surface area contributed by atoms with Crippen LogP contribution in [0.2, 0.25) is 0 Å². The Hall–Kier alpha value is -0.810. The fourth-order valence-electron chi connectivity index (χ4n) is 1.61. The van der Waals surface area contributed by atoms with E-state index in [9.17, 15) is 4.79 Å². The van der Waals surface area contributed by atoms with E-state index in [0.29, 0.717) is 6.61 Å². The Morgan fingerprint density at radius 1 is 1.50 bits per heavy atom. The molecule has 5 heteroatoms. The fourth-order valence-corrected chi connectivity index (χ4v) is 1.61. The normalized spacial score (nSPS) is 40.1. The highest BCUT2D eigenvalue weighted by Crippen LogP contribution is 2.17. The average molecular weight is 172 g/mol. The van der Waals surface area contributed by atoms with Gasteiger partial charge in [-0.3, -0.25) is 0 Å². The van der Waals surface area contributed by atoms with Crippen LogP contribution in [0.3, 0.4) is 0 Å². The van der Waals surface area contributed by atoms with Gasteiger partial charge in [0, 0.05) is 13.5 Å². The standard InChI is InChI=1S/C7H12N2O3/c1-11-6-2-4-5(3-12-6)9-7(10)8-4/h4-6H,2-3H2,1H3,(H2,8,9,10). The maximum absolute atomic E-state index is 10.9. The zero-order valence-electron chi connectivity index (χ0n) is 6.87. The monoisotopic (exact) mass is 172 g/mol. The summed E-state index contributed by atoms with van der Waals surface area (Å²) in [6.45, 7) is 0.530. The molecule has 2 heterocycles. The van der Waals surface area contributed by atoms with Gasteiger partial charge in [-0.15, -0.1) is 0 Å². The van der Waals surface area contributed by atoms with Gasteiger partial charge in [0.05, 0.1) is 18.7 Å². The SMILES string of the molecule is COC1CC2NC(=O)NC2CO1. The zero-order valence-corrected chi connectivity index (χ0v) is 6.87. The molecule has 0 bridgehead atoms. The van der Waals surface area contributed by atoms with Gasteiger partial charge >= 0.3 is 6.03 Å². The zero-order chi connectivity index (χ0) is 8.55. The van der Waals surface area contributed by atoms with Crippen LogP contribution in [0, 0.1) is 0 Å². The Bertz CT molecular complexity index is 197. The third kappa shape index (κ3) is 1.25. The first-order chi connectivity index (χ1) is 5.79. The number of carbonyl (C=O) groups excluding carboxylic acids is 1. The van der Waals surface area contributed by atoms with Crippen molar-refractivity contribution >= 4 is 6.03 Å². The molecule has 2 aliphatic heterocycles. The van der Waals surface area contributed by atoms with E-state index in [1.165, 1.54) is 0 Å². The number of amides is 2. The lowest BCUT2D eigenvalue weighted by molar-refractivity contribution is -0.154. The van der Waals surface area contributed by atoms with Crippen molar-refractivity contribution in [3.63, 3.8) is 0 Å². The Morgan fingerprint density at radius 2 is 2.25 bits per heavy atom. The molecule has 0 aromatic carbocycles. The molecule has 0 aliphatic carbocycles. The van der Waals surface area contributed by atoms with Crippen molar-refractivity contribution < 1.29 is 14.3 Å². The second-order valence-corrected chi connectivity index (χ2v) is 3.07. The summed E-state index contributed by atoms with van der Waals surface area (Å²) in [6.07, 6.45) is 0.548. The van der Waals surface area contributed by atoms with Crippen LogP contribution in [0.25, 0.3) is 0 Å². The average Bonchev–Trinajstić information content (AvgIpc) is 2.43. The maximum atomic E-state index is 10.9. The van der Waals surface area contributed by atoms with Gasteiger partial charge in [0.2, 0.25) is 0 Å². The van der Waals surface area contributed by atoms with E-state index in [2.05, 4.69) is 10.6 Å². The van der Waals surface area contributed by atoms with Crippen LogP contribution in [-0.2, 0) is 9.47 Å². The van der Waals surface area contributed by atoms with E-state index >= 15 is 0 Å². The van der Waals surface area contributed by atoms with Crippen LogP contribution in [0.5, 0.6) is 0 Å². The molecular formula is C7H12N2O3. The highest BCUT2D eigenvalue weighted by molar-refractivity contribution is 5.77. The lowest BCUT2D eigenvalue weighted by Gasteiger charge is -2.29. The third-order valence-electron chi connectivity index (χ3n) is 2.29. The summed E-state index contributed by atoms with van der Waals surface area (Å²) < 4.78 is 10.3. The summed E-state index contributed by atoms with van der Waals surface area (Å²) in [6, 6.07) is 0.172. The van der Waals surface area contributed by atoms with Gasteiger partial charge in [-0.1, -0.05) is 0 Å². The summed E-state index contributed by atoms with van der Waals surface area (Å²) in [5.41, 5.74) is 0. The first-order valence-electron chi connectivity index (χ1n) is 4.01. The quantitative estimate of drug-likeness (QED) is 0.557. The molecule has 2 saturated heterocycles. The number of nitrogens with one attached hydrogen (secondary N) is 2. The maximum Gasteiger partial charge on any atom is 0.315 e. The van der Waals surface area contributed by atoms with Gasteiger partial charge in [0.15, 0.2) is 6.29 Å². The number of fused-ring (bicyclic) bond motifs is 1. The summed E-state index contributed by atoms with van der Waals surface area (Å²) in [7, 11) is 1.61. The summed E-state index contributed by atoms with van der Waals surface area (Å²) in [5, 5.41) is 5.58. The lowest BCUT2D eigenvalue weighted by Crippen LogP contribution is -2.46. The third-order valence-corrected chi connectivity index (χ3v) is 2.29. The molecule has 68 valence electrons. The summed E-state index contributed by atoms with van der Waals surface area (Å²) in [4.78, 5) is 10.9. The number of urea groups is 1. The fraction of sp³-hybridized carbons (Fsp3) is 0.857. The van der Waals surface area contributed by atoms with Gasteiger partial charge < -0.3 is 20.1 Å². The summed E-state index contributed by atoms with van der Waals surface area (Å²) >= 11 is 0. The van der Waals surface area contributed by atoms with E-state index in [-0.39, 0.29) is 24.4 Å². The van der Waals surface area contributed by atoms with E-state index in [4.69, 9.17) is 9.47 Å². The molecule has 0 aromatic rings. The Morgan fingerprint density at radius 3 is 3.00 bits per heavy atom. The largest absolute Gasteiger partial charge is 0.356 e. The van der Waals surface area contributed by atoms with Crippen molar-refractivity contribution in [1.82, 2.24) is 10.6 Å². The smallest absolute Gasteiger partial charge is 0.315 e. The number of methoxy groups -OCH3 is 1. The topological polar surface area (TPSA) is 59.6 Å². The molecular weight excluding hydrogens is 160 g/mol. The molecule has 2 rings (SSSR count). The van der Waals surface area contributed by atoms with Crippen LogP contribution in [0.4, 0.5) is 4.79 Å². The molecule has 2 amide bonds. The molecule has 0 radical (unpaired) electrons. The molecule has 12 heavy (non-hydrogen) atoms. The number of ether oxygens (including phenoxy) is 2. The highest BCUT2D eigenvalue weighted by Gasteiger charge is 2.37. The Balaban J connectivity index is 1.97. The van der Waals surface area contributed by atoms with Gasteiger partial charge in [0.1, 0.15) is 0 Å². The van der Waals surface area contributed by atoms with Crippen LogP contribution in [0.15, 0.2) is 0 Å². The van der Waals surface area contributed by atoms with Crippen molar-refractivity contribution in [2.24, 2.45) is 0 Å². The predicted molar refractivity (Wildman–Crippen MR) is 40.6 cm³/mol. The van der Waals surface area contributed by atoms with Crippen molar-refractivity contribution in [2.45, 2.75) is 24.8 Å². The van der Waals surface area contributed by atoms with Crippen LogP contribution in [0.1, 0.15) is 6.42 Å². The van der Waals surface area contributed by atoms with Crippen molar-refractivity contribution in [2.75, 3.05) is 13.7 Å². The number of hydrogen-bond donors (Lipinski definition) is 2. The van der Waals surface area contributed by atoms with Gasteiger partial charge in [-0.05, 0) is 0 Å². The van der Waals surface area contributed by atoms with E-state index in [1.54, 1.807) is 7.11 Å². The van der Waals surface area contributed by atoms with E-state index in [0.717, 1.165) is 6.42 Å². The number of hydrogen-bond acceptors (Lipinski definition) is 3.